The lowest BCUT2D eigenvalue weighted by Gasteiger charge is -2.31. The summed E-state index contributed by atoms with van der Waals surface area (Å²) < 4.78 is 26.8. The van der Waals surface area contributed by atoms with Gasteiger partial charge in [0.05, 0.1) is 4.90 Å². The van der Waals surface area contributed by atoms with Crippen molar-refractivity contribution in [2.24, 2.45) is 0 Å². The van der Waals surface area contributed by atoms with Gasteiger partial charge in [-0.25, -0.2) is 8.42 Å². The number of carbonyl (C=O) groups is 1. The van der Waals surface area contributed by atoms with Gasteiger partial charge in [-0.3, -0.25) is 9.69 Å². The van der Waals surface area contributed by atoms with Gasteiger partial charge in [-0.2, -0.15) is 4.31 Å². The molecule has 0 radical (unpaired) electrons. The van der Waals surface area contributed by atoms with Crippen molar-refractivity contribution in [1.29, 1.82) is 0 Å². The van der Waals surface area contributed by atoms with Crippen molar-refractivity contribution in [2.45, 2.75) is 51.5 Å². The Morgan fingerprint density at radius 1 is 1.21 bits per heavy atom. The molecule has 1 aromatic carbocycles. The lowest BCUT2D eigenvalue weighted by atomic mass is 10.0. The van der Waals surface area contributed by atoms with Crippen molar-refractivity contribution in [2.75, 3.05) is 32.7 Å². The maximum Gasteiger partial charge on any atom is 0.251 e. The van der Waals surface area contributed by atoms with Crippen molar-refractivity contribution < 1.29 is 13.2 Å². The van der Waals surface area contributed by atoms with Crippen LogP contribution >= 0.6 is 0 Å². The van der Waals surface area contributed by atoms with Gasteiger partial charge in [-0.1, -0.05) is 31.6 Å². The van der Waals surface area contributed by atoms with E-state index in [1.165, 1.54) is 15.9 Å². The van der Waals surface area contributed by atoms with Crippen LogP contribution in [0.15, 0.2) is 40.8 Å². The molecular formula is C21H33N3O3S. The fourth-order valence-corrected chi connectivity index (χ4v) is 4.86. The number of rotatable bonds is 8. The Kier molecular flexibility index (Phi) is 8.22. The van der Waals surface area contributed by atoms with E-state index in [1.54, 1.807) is 18.2 Å². The van der Waals surface area contributed by atoms with E-state index >= 15 is 0 Å². The monoisotopic (exact) mass is 407 g/mol. The summed E-state index contributed by atoms with van der Waals surface area (Å²) in [5.74, 6) is -0.209. The zero-order chi connectivity index (χ0) is 20.7. The first-order valence-corrected chi connectivity index (χ1v) is 11.5. The average molecular weight is 408 g/mol. The lowest BCUT2D eigenvalue weighted by molar-refractivity contribution is 0.0914. The minimum absolute atomic E-state index is 0.124. The molecule has 1 N–H and O–H groups in total. The summed E-state index contributed by atoms with van der Waals surface area (Å²) in [5.41, 5.74) is 1.70. The number of piperidine rings is 1. The second kappa shape index (κ2) is 10.2. The van der Waals surface area contributed by atoms with E-state index in [2.05, 4.69) is 30.1 Å². The molecular weight excluding hydrogens is 374 g/mol. The molecule has 1 amide bonds. The molecule has 1 heterocycles. The minimum atomic E-state index is -3.57. The standard InChI is InChI=1S/C21H33N3O3S/c1-5-24(6-2)28(26,27)20-9-7-8-18(16-20)21(25)22-19-11-14-23(15-12-19)13-10-17(3)4/h7-10,16,19H,5-6,11-15H2,1-4H3,(H,22,25). The van der Waals surface area contributed by atoms with Crippen LogP contribution in [-0.4, -0.2) is 62.3 Å². The number of nitrogens with zero attached hydrogens (tertiary/aromatic N) is 2. The van der Waals surface area contributed by atoms with Gasteiger partial charge < -0.3 is 5.32 Å². The van der Waals surface area contributed by atoms with E-state index in [0.717, 1.165) is 32.5 Å². The van der Waals surface area contributed by atoms with Crippen molar-refractivity contribution >= 4 is 15.9 Å². The second-order valence-corrected chi connectivity index (χ2v) is 9.38. The van der Waals surface area contributed by atoms with Crippen LogP contribution in [0, 0.1) is 0 Å². The molecule has 1 fully saturated rings. The molecule has 156 valence electrons. The highest BCUT2D eigenvalue weighted by atomic mass is 32.2. The Morgan fingerprint density at radius 2 is 1.86 bits per heavy atom. The van der Waals surface area contributed by atoms with Crippen LogP contribution < -0.4 is 5.32 Å². The highest BCUT2D eigenvalue weighted by molar-refractivity contribution is 7.89. The molecule has 0 aliphatic carbocycles. The molecule has 0 spiro atoms. The third-order valence-corrected chi connectivity index (χ3v) is 7.17. The predicted molar refractivity (Wildman–Crippen MR) is 113 cm³/mol. The lowest BCUT2D eigenvalue weighted by Crippen LogP contribution is -2.44. The van der Waals surface area contributed by atoms with E-state index < -0.39 is 10.0 Å². The smallest absolute Gasteiger partial charge is 0.251 e. The molecule has 1 aromatic rings. The van der Waals surface area contributed by atoms with Crippen molar-refractivity contribution in [1.82, 2.24) is 14.5 Å². The highest BCUT2D eigenvalue weighted by Crippen LogP contribution is 2.18. The average Bonchev–Trinajstić information content (AvgIpc) is 2.68. The van der Waals surface area contributed by atoms with Gasteiger partial charge >= 0.3 is 0 Å². The van der Waals surface area contributed by atoms with Crippen LogP contribution in [0.4, 0.5) is 0 Å². The van der Waals surface area contributed by atoms with Crippen molar-refractivity contribution in [3.63, 3.8) is 0 Å². The predicted octanol–water partition coefficient (Wildman–Crippen LogP) is 2.88. The first kappa shape index (κ1) is 22.6. The van der Waals surface area contributed by atoms with Crippen LogP contribution in [0.1, 0.15) is 50.9 Å². The Morgan fingerprint density at radius 3 is 2.43 bits per heavy atom. The zero-order valence-corrected chi connectivity index (χ0v) is 18.3. The van der Waals surface area contributed by atoms with E-state index in [1.807, 2.05) is 13.8 Å². The Labute approximate surface area is 169 Å². The molecule has 1 saturated heterocycles. The first-order chi connectivity index (χ1) is 13.3. The van der Waals surface area contributed by atoms with Gasteiger partial charge in [0.2, 0.25) is 10.0 Å². The van der Waals surface area contributed by atoms with Crippen LogP contribution in [0.5, 0.6) is 0 Å². The quantitative estimate of drug-likeness (QED) is 0.673. The van der Waals surface area contributed by atoms with Gasteiger partial charge in [0.15, 0.2) is 0 Å². The summed E-state index contributed by atoms with van der Waals surface area (Å²) in [6.45, 7) is 11.5. The van der Waals surface area contributed by atoms with Gasteiger partial charge in [-0.05, 0) is 44.9 Å². The Hall–Kier alpha value is -1.70. The van der Waals surface area contributed by atoms with Crippen LogP contribution in [0.2, 0.25) is 0 Å². The van der Waals surface area contributed by atoms with Gasteiger partial charge in [0.25, 0.3) is 5.91 Å². The fraction of sp³-hybridized carbons (Fsp3) is 0.571. The first-order valence-electron chi connectivity index (χ1n) is 10.0. The molecule has 0 saturated carbocycles. The van der Waals surface area contributed by atoms with Crippen molar-refractivity contribution in [3.05, 3.63) is 41.5 Å². The van der Waals surface area contributed by atoms with E-state index in [0.29, 0.717) is 18.7 Å². The molecule has 6 nitrogen and oxygen atoms in total. The fourth-order valence-electron chi connectivity index (χ4n) is 3.35. The molecule has 0 atom stereocenters. The number of hydrogen-bond acceptors (Lipinski definition) is 4. The molecule has 7 heteroatoms. The third-order valence-electron chi connectivity index (χ3n) is 5.12. The minimum Gasteiger partial charge on any atom is -0.349 e. The Balaban J connectivity index is 2.00. The van der Waals surface area contributed by atoms with Gasteiger partial charge in [-0.15, -0.1) is 0 Å². The molecule has 0 aromatic heterocycles. The summed E-state index contributed by atoms with van der Waals surface area (Å²) in [6.07, 6.45) is 4.03. The van der Waals surface area contributed by atoms with Crippen LogP contribution in [0.3, 0.4) is 0 Å². The van der Waals surface area contributed by atoms with E-state index in [4.69, 9.17) is 0 Å². The summed E-state index contributed by atoms with van der Waals surface area (Å²) in [5, 5.41) is 3.07. The molecule has 1 aliphatic heterocycles. The molecule has 0 unspecified atom stereocenters. The molecule has 1 aliphatic rings. The van der Waals surface area contributed by atoms with E-state index in [9.17, 15) is 13.2 Å². The highest BCUT2D eigenvalue weighted by Gasteiger charge is 2.24. The third kappa shape index (κ3) is 5.90. The number of allylic oxidation sites excluding steroid dienone is 1. The van der Waals surface area contributed by atoms with Gasteiger partial charge in [0, 0.05) is 44.3 Å². The summed E-state index contributed by atoms with van der Waals surface area (Å²) >= 11 is 0. The summed E-state index contributed by atoms with van der Waals surface area (Å²) in [6, 6.07) is 6.45. The van der Waals surface area contributed by atoms with Gasteiger partial charge in [0.1, 0.15) is 0 Å². The number of nitrogens with one attached hydrogen (secondary N) is 1. The summed E-state index contributed by atoms with van der Waals surface area (Å²) in [7, 11) is -3.57. The Bertz CT molecular complexity index is 789. The van der Waals surface area contributed by atoms with Crippen LogP contribution in [-0.2, 0) is 10.0 Å². The molecule has 0 bridgehead atoms. The number of hydrogen-bond donors (Lipinski definition) is 1. The molecule has 2 rings (SSSR count). The topological polar surface area (TPSA) is 69.7 Å². The number of carbonyl (C=O) groups excluding carboxylic acids is 1. The van der Waals surface area contributed by atoms with Crippen molar-refractivity contribution in [3.8, 4) is 0 Å². The number of likely N-dealkylation sites (tertiary alicyclic amines) is 1. The summed E-state index contributed by atoms with van der Waals surface area (Å²) in [4.78, 5) is 15.2. The number of sulfonamides is 1. The molecule has 28 heavy (non-hydrogen) atoms. The zero-order valence-electron chi connectivity index (χ0n) is 17.4. The maximum atomic E-state index is 12.7. The van der Waals surface area contributed by atoms with E-state index in [-0.39, 0.29) is 16.8 Å². The maximum absolute atomic E-state index is 12.7. The SMILES string of the molecule is CCN(CC)S(=O)(=O)c1cccc(C(=O)NC2CCN(CC=C(C)C)CC2)c1. The largest absolute Gasteiger partial charge is 0.349 e. The normalized spacial score (nSPS) is 16.2. The second-order valence-electron chi connectivity index (χ2n) is 7.45. The van der Waals surface area contributed by atoms with Crippen LogP contribution in [0.25, 0.3) is 0 Å². The number of amides is 1. The number of benzene rings is 1.